The molecule has 0 radical (unpaired) electrons. The quantitative estimate of drug-likeness (QED) is 0.398. The van der Waals surface area contributed by atoms with Crippen molar-refractivity contribution in [3.63, 3.8) is 0 Å². The highest BCUT2D eigenvalue weighted by Gasteiger charge is 2.31. The summed E-state index contributed by atoms with van der Waals surface area (Å²) in [7, 11) is 1.47. The molecule has 5 N–H and O–H groups in total. The van der Waals surface area contributed by atoms with Crippen LogP contribution in [0.1, 0.15) is 27.9 Å². The number of carbonyl (C=O) groups is 2. The minimum Gasteiger partial charge on any atom is -0.503 e. The summed E-state index contributed by atoms with van der Waals surface area (Å²) in [5, 5.41) is 15.1. The summed E-state index contributed by atoms with van der Waals surface area (Å²) >= 11 is 3.29. The maximum absolute atomic E-state index is 12.9. The highest BCUT2D eigenvalue weighted by Crippen LogP contribution is 2.35. The van der Waals surface area contributed by atoms with Crippen molar-refractivity contribution in [3.8, 4) is 11.5 Å². The van der Waals surface area contributed by atoms with Crippen molar-refractivity contribution >= 4 is 33.4 Å². The number of amides is 2. The zero-order valence-electron chi connectivity index (χ0n) is 18.2. The molecule has 0 bridgehead atoms. The van der Waals surface area contributed by atoms with Gasteiger partial charge < -0.3 is 26.2 Å². The Labute approximate surface area is 202 Å². The molecule has 1 aliphatic rings. The van der Waals surface area contributed by atoms with E-state index in [2.05, 4.69) is 31.5 Å². The predicted molar refractivity (Wildman–Crippen MR) is 122 cm³/mol. The van der Waals surface area contributed by atoms with E-state index in [1.165, 1.54) is 7.11 Å². The average molecular weight is 545 g/mol. The number of carbonyl (C=O) groups excluding carboxylic acids is 2. The van der Waals surface area contributed by atoms with Gasteiger partial charge in [0.05, 0.1) is 29.3 Å². The molecule has 1 fully saturated rings. The van der Waals surface area contributed by atoms with Crippen LogP contribution in [-0.2, 0) is 17.5 Å². The van der Waals surface area contributed by atoms with E-state index in [-0.39, 0.29) is 23.0 Å². The summed E-state index contributed by atoms with van der Waals surface area (Å²) in [5.74, 6) is -0.948. The van der Waals surface area contributed by atoms with E-state index in [0.29, 0.717) is 35.8 Å². The number of ether oxygens (including phenoxy) is 1. The second-order valence-corrected chi connectivity index (χ2v) is 8.75. The molecule has 12 heteroatoms. The van der Waals surface area contributed by atoms with Gasteiger partial charge in [-0.3, -0.25) is 14.5 Å². The molecule has 2 amide bonds. The molecule has 2 aromatic carbocycles. The zero-order valence-corrected chi connectivity index (χ0v) is 19.8. The molecule has 34 heavy (non-hydrogen) atoms. The molecule has 1 saturated heterocycles. The number of phenolic OH excluding ortho intramolecular Hbond substituents is 1. The number of methoxy groups -OCH3 is 1. The van der Waals surface area contributed by atoms with Gasteiger partial charge in [0.25, 0.3) is 5.91 Å². The SMILES string of the molecule is COc1cc(CN2CC[C@@H](NC(=O)CNC(=O)c3cc(C(F)(F)F)ccc3N)C2)cc(Br)c1O. The molecule has 1 heterocycles. The molecule has 0 aliphatic carbocycles. The first-order chi connectivity index (χ1) is 16.0. The number of rotatable bonds is 7. The van der Waals surface area contributed by atoms with Crippen LogP contribution in [0.2, 0.25) is 0 Å². The number of benzene rings is 2. The number of likely N-dealkylation sites (tertiary alicyclic amines) is 1. The molecule has 8 nitrogen and oxygen atoms in total. The maximum Gasteiger partial charge on any atom is 0.416 e. The number of halogens is 4. The summed E-state index contributed by atoms with van der Waals surface area (Å²) in [5.41, 5.74) is 5.09. The number of aromatic hydroxyl groups is 1. The molecule has 0 aromatic heterocycles. The van der Waals surface area contributed by atoms with Crippen molar-refractivity contribution in [2.24, 2.45) is 0 Å². The van der Waals surface area contributed by atoms with Crippen LogP contribution >= 0.6 is 15.9 Å². The Morgan fingerprint density at radius 1 is 1.29 bits per heavy atom. The minimum atomic E-state index is -4.62. The van der Waals surface area contributed by atoms with Crippen LogP contribution in [0.4, 0.5) is 18.9 Å². The van der Waals surface area contributed by atoms with Gasteiger partial charge >= 0.3 is 6.18 Å². The van der Waals surface area contributed by atoms with E-state index in [0.717, 1.165) is 24.2 Å². The van der Waals surface area contributed by atoms with Gasteiger partial charge in [0.2, 0.25) is 5.91 Å². The Morgan fingerprint density at radius 3 is 2.71 bits per heavy atom. The standard InChI is InChI=1S/C22H24BrF3N4O4/c1-34-18-7-12(6-16(23)20(18)32)10-30-5-4-14(11-30)29-19(31)9-28-21(33)15-8-13(22(24,25)26)2-3-17(15)27/h2-3,6-8,14,32H,4-5,9-11,27H2,1H3,(H,28,33)(H,29,31)/t14-/m1/s1. The van der Waals surface area contributed by atoms with Crippen molar-refractivity contribution in [1.82, 2.24) is 15.5 Å². The van der Waals surface area contributed by atoms with E-state index in [1.54, 1.807) is 12.1 Å². The second kappa shape index (κ2) is 10.5. The van der Waals surface area contributed by atoms with E-state index >= 15 is 0 Å². The third kappa shape index (κ3) is 6.32. The monoisotopic (exact) mass is 544 g/mol. The Kier molecular flexibility index (Phi) is 7.93. The van der Waals surface area contributed by atoms with Crippen molar-refractivity contribution in [1.29, 1.82) is 0 Å². The number of alkyl halides is 3. The number of nitrogen functional groups attached to an aromatic ring is 1. The largest absolute Gasteiger partial charge is 0.503 e. The fourth-order valence-electron chi connectivity index (χ4n) is 3.69. The van der Waals surface area contributed by atoms with Gasteiger partial charge in [0, 0.05) is 31.4 Å². The number of nitrogens with zero attached hydrogens (tertiary/aromatic N) is 1. The molecule has 1 atom stereocenters. The van der Waals surface area contributed by atoms with E-state index in [4.69, 9.17) is 10.5 Å². The topological polar surface area (TPSA) is 117 Å². The molecule has 1 aliphatic heterocycles. The number of anilines is 1. The van der Waals surface area contributed by atoms with Gasteiger partial charge in [-0.2, -0.15) is 13.2 Å². The number of nitrogens with two attached hydrogens (primary N) is 1. The highest BCUT2D eigenvalue weighted by atomic mass is 79.9. The number of phenols is 1. The van der Waals surface area contributed by atoms with Crippen molar-refractivity contribution in [2.45, 2.75) is 25.2 Å². The number of hydrogen-bond donors (Lipinski definition) is 4. The summed E-state index contributed by atoms with van der Waals surface area (Å²) in [6, 6.07) is 5.84. The fourth-order valence-corrected chi connectivity index (χ4v) is 4.18. The molecule has 0 saturated carbocycles. The molecule has 3 rings (SSSR count). The fraction of sp³-hybridized carbons (Fsp3) is 0.364. The zero-order chi connectivity index (χ0) is 25.0. The van der Waals surface area contributed by atoms with Crippen molar-refractivity contribution in [2.75, 3.05) is 32.5 Å². The molecule has 0 spiro atoms. The lowest BCUT2D eigenvalue weighted by molar-refractivity contribution is -0.137. The lowest BCUT2D eigenvalue weighted by Gasteiger charge is -2.18. The number of nitrogens with one attached hydrogen (secondary N) is 2. The highest BCUT2D eigenvalue weighted by molar-refractivity contribution is 9.10. The first-order valence-electron chi connectivity index (χ1n) is 10.3. The normalized spacial score (nSPS) is 16.3. The van der Waals surface area contributed by atoms with Gasteiger partial charge in [-0.25, -0.2) is 0 Å². The molecule has 0 unspecified atom stereocenters. The first-order valence-corrected chi connectivity index (χ1v) is 11.1. The minimum absolute atomic E-state index is 0.0201. The third-order valence-corrected chi connectivity index (χ3v) is 5.99. The summed E-state index contributed by atoms with van der Waals surface area (Å²) in [4.78, 5) is 26.7. The van der Waals surface area contributed by atoms with E-state index in [9.17, 15) is 27.9 Å². The Morgan fingerprint density at radius 2 is 2.03 bits per heavy atom. The van der Waals surface area contributed by atoms with Gasteiger partial charge in [0.15, 0.2) is 11.5 Å². The maximum atomic E-state index is 12.9. The number of hydrogen-bond acceptors (Lipinski definition) is 6. The second-order valence-electron chi connectivity index (χ2n) is 7.90. The van der Waals surface area contributed by atoms with E-state index < -0.39 is 30.1 Å². The Hall–Kier alpha value is -2.99. The van der Waals surface area contributed by atoms with Crippen LogP contribution in [0.3, 0.4) is 0 Å². The van der Waals surface area contributed by atoms with Gasteiger partial charge in [-0.05, 0) is 58.2 Å². The predicted octanol–water partition coefficient (Wildman–Crippen LogP) is 2.88. The van der Waals surface area contributed by atoms with Crippen LogP contribution in [0, 0.1) is 0 Å². The average Bonchev–Trinajstić information content (AvgIpc) is 3.20. The molecular formula is C22H24BrF3N4O4. The smallest absolute Gasteiger partial charge is 0.416 e. The van der Waals surface area contributed by atoms with Crippen LogP contribution < -0.4 is 21.1 Å². The summed E-state index contributed by atoms with van der Waals surface area (Å²) in [6.45, 7) is 1.47. The third-order valence-electron chi connectivity index (χ3n) is 5.39. The Balaban J connectivity index is 1.50. The first kappa shape index (κ1) is 25.6. The van der Waals surface area contributed by atoms with Crippen molar-refractivity contribution in [3.05, 3.63) is 51.5 Å². The van der Waals surface area contributed by atoms with Gasteiger partial charge in [0.1, 0.15) is 0 Å². The van der Waals surface area contributed by atoms with Gasteiger partial charge in [-0.1, -0.05) is 0 Å². The molecule has 184 valence electrons. The lowest BCUT2D eigenvalue weighted by atomic mass is 10.1. The summed E-state index contributed by atoms with van der Waals surface area (Å²) < 4.78 is 44.3. The lowest BCUT2D eigenvalue weighted by Crippen LogP contribution is -2.43. The van der Waals surface area contributed by atoms with Gasteiger partial charge in [-0.15, -0.1) is 0 Å². The summed E-state index contributed by atoms with van der Waals surface area (Å²) in [6.07, 6.45) is -3.92. The van der Waals surface area contributed by atoms with Crippen LogP contribution in [0.5, 0.6) is 11.5 Å². The van der Waals surface area contributed by atoms with Crippen LogP contribution in [0.25, 0.3) is 0 Å². The van der Waals surface area contributed by atoms with E-state index in [1.807, 2.05) is 0 Å². The molecular weight excluding hydrogens is 521 g/mol. The van der Waals surface area contributed by atoms with Crippen LogP contribution in [0.15, 0.2) is 34.8 Å². The Bertz CT molecular complexity index is 1080. The van der Waals surface area contributed by atoms with Crippen molar-refractivity contribution < 1.29 is 32.6 Å². The van der Waals surface area contributed by atoms with Crippen LogP contribution in [-0.4, -0.2) is 54.6 Å². The molecule has 2 aromatic rings.